The van der Waals surface area contributed by atoms with Crippen LogP contribution in [0.4, 0.5) is 4.79 Å². The molecular formula is C20H36IN5O6. The molecule has 5 N–H and O–H groups in total. The van der Waals surface area contributed by atoms with Gasteiger partial charge in [0.2, 0.25) is 23.6 Å². The van der Waals surface area contributed by atoms with Crippen molar-refractivity contribution in [2.45, 2.75) is 53.1 Å². The number of carbonyl (C=O) groups excluding carboxylic acids is 5. The molecule has 2 atom stereocenters. The highest BCUT2D eigenvalue weighted by Gasteiger charge is 2.26. The van der Waals surface area contributed by atoms with Crippen LogP contribution in [-0.2, 0) is 23.9 Å². The predicted octanol–water partition coefficient (Wildman–Crippen LogP) is 0.0716. The van der Waals surface area contributed by atoms with E-state index in [2.05, 4.69) is 26.6 Å². The van der Waals surface area contributed by atoms with Gasteiger partial charge in [0.15, 0.2) is 0 Å². The molecule has 0 aliphatic heterocycles. The van der Waals surface area contributed by atoms with Crippen LogP contribution < -0.4 is 26.6 Å². The zero-order chi connectivity index (χ0) is 24.7. The lowest BCUT2D eigenvalue weighted by molar-refractivity contribution is -0.132. The first-order chi connectivity index (χ1) is 15.0. The maximum absolute atomic E-state index is 12.6. The molecule has 11 nitrogen and oxygen atoms in total. The third-order valence-corrected chi connectivity index (χ3v) is 4.75. The van der Waals surface area contributed by atoms with E-state index in [1.807, 2.05) is 36.4 Å². The van der Waals surface area contributed by atoms with Gasteiger partial charge in [0.1, 0.15) is 12.1 Å². The molecule has 0 aromatic heterocycles. The molecule has 0 rings (SSSR count). The highest BCUT2D eigenvalue weighted by atomic mass is 127. The van der Waals surface area contributed by atoms with Gasteiger partial charge in [0, 0.05) is 26.1 Å². The average molecular weight is 569 g/mol. The van der Waals surface area contributed by atoms with E-state index in [9.17, 15) is 24.0 Å². The quantitative estimate of drug-likeness (QED) is 0.113. The molecule has 0 aromatic rings. The van der Waals surface area contributed by atoms with Crippen molar-refractivity contribution in [2.24, 2.45) is 11.8 Å². The Bertz CT molecular complexity index is 644. The minimum atomic E-state index is -0.837. The molecule has 0 heterocycles. The van der Waals surface area contributed by atoms with Crippen molar-refractivity contribution < 1.29 is 28.7 Å². The number of nitrogens with one attached hydrogen (secondary N) is 5. The van der Waals surface area contributed by atoms with Gasteiger partial charge in [0.05, 0.1) is 11.0 Å². The highest BCUT2D eigenvalue weighted by molar-refractivity contribution is 14.1. The lowest BCUT2D eigenvalue weighted by atomic mass is 10.0. The van der Waals surface area contributed by atoms with Gasteiger partial charge in [0.25, 0.3) is 0 Å². The summed E-state index contributed by atoms with van der Waals surface area (Å²) in [5.74, 6) is -1.43. The second-order valence-electron chi connectivity index (χ2n) is 7.96. The maximum atomic E-state index is 12.6. The average Bonchev–Trinajstić information content (AvgIpc) is 2.72. The third-order valence-electron chi connectivity index (χ3n) is 4.05. The number of hydrogen-bond acceptors (Lipinski definition) is 6. The Labute approximate surface area is 203 Å². The number of rotatable bonds is 14. The number of amides is 5. The topological polar surface area (TPSA) is 155 Å². The van der Waals surface area contributed by atoms with Crippen LogP contribution >= 0.6 is 22.6 Å². The molecule has 0 unspecified atom stereocenters. The van der Waals surface area contributed by atoms with E-state index >= 15 is 0 Å². The Morgan fingerprint density at radius 2 is 1.41 bits per heavy atom. The first kappa shape index (κ1) is 29.9. The summed E-state index contributed by atoms with van der Waals surface area (Å²) >= 11 is 1.92. The zero-order valence-electron chi connectivity index (χ0n) is 19.4. The normalized spacial score (nSPS) is 12.5. The first-order valence-corrected chi connectivity index (χ1v) is 12.1. The van der Waals surface area contributed by atoms with E-state index < -0.39 is 30.0 Å². The number of alkyl carbamates (subject to hydrolysis) is 1. The van der Waals surface area contributed by atoms with Gasteiger partial charge in [-0.1, -0.05) is 50.3 Å². The van der Waals surface area contributed by atoms with Crippen LogP contribution in [-0.4, -0.2) is 72.5 Å². The molecule has 32 heavy (non-hydrogen) atoms. The van der Waals surface area contributed by atoms with Gasteiger partial charge in [-0.2, -0.15) is 0 Å². The molecule has 0 aliphatic rings. The monoisotopic (exact) mass is 569 g/mol. The Morgan fingerprint density at radius 3 is 1.97 bits per heavy atom. The third kappa shape index (κ3) is 14.0. The summed E-state index contributed by atoms with van der Waals surface area (Å²) in [7, 11) is 0. The fraction of sp³-hybridized carbons (Fsp3) is 0.750. The summed E-state index contributed by atoms with van der Waals surface area (Å²) in [5, 5.41) is 12.9. The van der Waals surface area contributed by atoms with Crippen LogP contribution in [0.25, 0.3) is 0 Å². The first-order valence-electron chi connectivity index (χ1n) is 10.6. The minimum absolute atomic E-state index is 0.0432. The summed E-state index contributed by atoms with van der Waals surface area (Å²) in [6.07, 6.45) is -0.514. The fourth-order valence-corrected chi connectivity index (χ4v) is 2.58. The van der Waals surface area contributed by atoms with Crippen LogP contribution in [0, 0.1) is 11.8 Å². The summed E-state index contributed by atoms with van der Waals surface area (Å²) in [5.41, 5.74) is 0. The molecule has 0 spiro atoms. The lowest BCUT2D eigenvalue weighted by Crippen LogP contribution is -2.55. The number of alkyl halides is 1. The number of carbonyl (C=O) groups is 5. The van der Waals surface area contributed by atoms with Crippen molar-refractivity contribution >= 4 is 52.3 Å². The molecule has 0 aromatic carbocycles. The van der Waals surface area contributed by atoms with Crippen LogP contribution in [0.3, 0.4) is 0 Å². The second-order valence-corrected chi connectivity index (χ2v) is 8.73. The molecule has 0 aliphatic carbocycles. The maximum Gasteiger partial charge on any atom is 0.407 e. The van der Waals surface area contributed by atoms with E-state index in [1.54, 1.807) is 13.8 Å². The molecule has 0 fully saturated rings. The van der Waals surface area contributed by atoms with Crippen LogP contribution in [0.15, 0.2) is 0 Å². The molecule has 12 heteroatoms. The molecule has 184 valence electrons. The molecule has 5 amide bonds. The highest BCUT2D eigenvalue weighted by Crippen LogP contribution is 2.03. The zero-order valence-corrected chi connectivity index (χ0v) is 21.5. The van der Waals surface area contributed by atoms with Crippen molar-refractivity contribution in [3.05, 3.63) is 0 Å². The summed E-state index contributed by atoms with van der Waals surface area (Å²) in [6.45, 7) is 9.76. The van der Waals surface area contributed by atoms with Crippen molar-refractivity contribution in [3.8, 4) is 0 Å². The van der Waals surface area contributed by atoms with E-state index in [0.717, 1.165) is 0 Å². The van der Waals surface area contributed by atoms with Crippen molar-refractivity contribution in [2.75, 3.05) is 30.7 Å². The second kappa shape index (κ2) is 16.5. The van der Waals surface area contributed by atoms with E-state index in [0.29, 0.717) is 11.0 Å². The van der Waals surface area contributed by atoms with Crippen LogP contribution in [0.2, 0.25) is 0 Å². The number of hydrogen-bond donors (Lipinski definition) is 5. The Morgan fingerprint density at radius 1 is 0.781 bits per heavy atom. The number of halogens is 1. The summed E-state index contributed by atoms with van der Waals surface area (Å²) in [4.78, 5) is 59.5. The predicted molar refractivity (Wildman–Crippen MR) is 128 cm³/mol. The Kier molecular flexibility index (Phi) is 15.4. The molecule has 0 saturated heterocycles. The standard InChI is InChI=1S/C20H36IN5O6/c1-12(2)11-32-20(31)24-9-8-23-18(29)14(5)25-19(30)17(13(3)4)26-15(27)6-7-22-16(28)10-21/h12-14,17H,6-11H2,1-5H3,(H,22,28)(H,23,29)(H,24,31)(H,25,30)(H,26,27)/t14-,17-/m0/s1. The van der Waals surface area contributed by atoms with Gasteiger partial charge in [-0.3, -0.25) is 19.2 Å². The van der Waals surface area contributed by atoms with E-state index in [-0.39, 0.29) is 49.7 Å². The van der Waals surface area contributed by atoms with Gasteiger partial charge in [-0.25, -0.2) is 4.79 Å². The molecular weight excluding hydrogens is 533 g/mol. The SMILES string of the molecule is CC(C)COC(=O)NCCNC(=O)[C@H](C)NC(=O)[C@@H](NC(=O)CCNC(=O)CI)C(C)C. The molecule has 0 bridgehead atoms. The van der Waals surface area contributed by atoms with Gasteiger partial charge < -0.3 is 31.3 Å². The lowest BCUT2D eigenvalue weighted by Gasteiger charge is -2.24. The van der Waals surface area contributed by atoms with Crippen LogP contribution in [0.5, 0.6) is 0 Å². The van der Waals surface area contributed by atoms with Crippen molar-refractivity contribution in [1.29, 1.82) is 0 Å². The molecule has 0 radical (unpaired) electrons. The smallest absolute Gasteiger partial charge is 0.407 e. The largest absolute Gasteiger partial charge is 0.449 e. The van der Waals surface area contributed by atoms with Crippen molar-refractivity contribution in [1.82, 2.24) is 26.6 Å². The molecule has 0 saturated carbocycles. The minimum Gasteiger partial charge on any atom is -0.449 e. The van der Waals surface area contributed by atoms with E-state index in [4.69, 9.17) is 4.74 Å². The van der Waals surface area contributed by atoms with Gasteiger partial charge >= 0.3 is 6.09 Å². The Hall–Kier alpha value is -2.12. The summed E-state index contributed by atoms with van der Waals surface area (Å²) in [6, 6.07) is -1.66. The van der Waals surface area contributed by atoms with E-state index in [1.165, 1.54) is 6.92 Å². The summed E-state index contributed by atoms with van der Waals surface area (Å²) < 4.78 is 5.26. The fourth-order valence-electron chi connectivity index (χ4n) is 2.31. The van der Waals surface area contributed by atoms with Gasteiger partial charge in [-0.05, 0) is 18.8 Å². The number of ether oxygens (including phenoxy) is 1. The van der Waals surface area contributed by atoms with Gasteiger partial charge in [-0.15, -0.1) is 0 Å². The Balaban J connectivity index is 4.39. The van der Waals surface area contributed by atoms with Crippen molar-refractivity contribution in [3.63, 3.8) is 0 Å². The van der Waals surface area contributed by atoms with Crippen LogP contribution in [0.1, 0.15) is 41.0 Å².